The van der Waals surface area contributed by atoms with Crippen LogP contribution in [0.4, 0.5) is 18.9 Å². The van der Waals surface area contributed by atoms with E-state index < -0.39 is 30.2 Å². The summed E-state index contributed by atoms with van der Waals surface area (Å²) in [4.78, 5) is 25.9. The van der Waals surface area contributed by atoms with Crippen molar-refractivity contribution in [3.05, 3.63) is 47.5 Å². The summed E-state index contributed by atoms with van der Waals surface area (Å²) in [6.45, 7) is 1.62. The maximum absolute atomic E-state index is 12.7. The van der Waals surface area contributed by atoms with Crippen molar-refractivity contribution < 1.29 is 32.6 Å². The van der Waals surface area contributed by atoms with E-state index >= 15 is 0 Å². The van der Waals surface area contributed by atoms with Gasteiger partial charge in [0.25, 0.3) is 0 Å². The quantitative estimate of drug-likeness (QED) is 0.722. The number of anilines is 1. The highest BCUT2D eigenvalue weighted by Crippen LogP contribution is 2.38. The molecule has 0 aliphatic carbocycles. The Kier molecular flexibility index (Phi) is 6.76. The second-order valence-electron chi connectivity index (χ2n) is 7.13. The monoisotopic (exact) mass is 456 g/mol. The van der Waals surface area contributed by atoms with Gasteiger partial charge in [0.2, 0.25) is 11.8 Å². The van der Waals surface area contributed by atoms with Crippen molar-refractivity contribution in [1.29, 1.82) is 0 Å². The Morgan fingerprint density at radius 3 is 2.55 bits per heavy atom. The Morgan fingerprint density at radius 2 is 1.90 bits per heavy atom. The number of benzene rings is 2. The second kappa shape index (κ2) is 9.15. The van der Waals surface area contributed by atoms with Gasteiger partial charge in [-0.1, -0.05) is 35.9 Å². The molecular formula is C21H20ClF3N2O4. The first-order valence-corrected chi connectivity index (χ1v) is 9.84. The third-order valence-electron chi connectivity index (χ3n) is 4.92. The molecule has 1 aliphatic heterocycles. The average molecular weight is 457 g/mol. The van der Waals surface area contributed by atoms with Crippen molar-refractivity contribution in [1.82, 2.24) is 4.90 Å². The minimum atomic E-state index is -4.86. The molecule has 2 aromatic rings. The minimum absolute atomic E-state index is 0.100. The lowest BCUT2D eigenvalue weighted by atomic mass is 9.98. The van der Waals surface area contributed by atoms with Crippen molar-refractivity contribution >= 4 is 29.1 Å². The highest BCUT2D eigenvalue weighted by molar-refractivity contribution is 6.33. The molecule has 166 valence electrons. The zero-order chi connectivity index (χ0) is 22.8. The molecule has 6 nitrogen and oxygen atoms in total. The number of piperidine rings is 1. The fourth-order valence-electron chi connectivity index (χ4n) is 3.51. The van der Waals surface area contributed by atoms with Crippen LogP contribution in [-0.2, 0) is 9.59 Å². The molecule has 0 bridgehead atoms. The van der Waals surface area contributed by atoms with Gasteiger partial charge >= 0.3 is 6.36 Å². The summed E-state index contributed by atoms with van der Waals surface area (Å²) in [6.07, 6.45) is -5.05. The topological polar surface area (TPSA) is 78.9 Å². The second-order valence-corrected chi connectivity index (χ2v) is 7.54. The summed E-state index contributed by atoms with van der Waals surface area (Å²) in [5.41, 5.74) is 0.732. The number of nitrogens with zero attached hydrogens (tertiary/aromatic N) is 1. The van der Waals surface area contributed by atoms with Crippen LogP contribution in [0.3, 0.4) is 0 Å². The molecule has 0 saturated carbocycles. The first kappa shape index (κ1) is 22.9. The van der Waals surface area contributed by atoms with E-state index in [0.717, 1.165) is 0 Å². The zero-order valence-corrected chi connectivity index (χ0v) is 17.2. The van der Waals surface area contributed by atoms with E-state index in [4.69, 9.17) is 11.6 Å². The number of hydrogen-bond acceptors (Lipinski definition) is 4. The molecule has 31 heavy (non-hydrogen) atoms. The molecule has 2 N–H and O–H groups in total. The highest BCUT2D eigenvalue weighted by Gasteiger charge is 2.34. The number of halogens is 4. The molecular weight excluding hydrogens is 437 g/mol. The van der Waals surface area contributed by atoms with Crippen molar-refractivity contribution in [3.8, 4) is 16.9 Å². The molecule has 3 rings (SSSR count). The molecule has 2 atom stereocenters. The molecule has 2 amide bonds. The molecule has 10 heteroatoms. The largest absolute Gasteiger partial charge is 0.573 e. The molecule has 0 aromatic heterocycles. The van der Waals surface area contributed by atoms with E-state index in [1.165, 1.54) is 48.2 Å². The summed E-state index contributed by atoms with van der Waals surface area (Å²) in [6, 6.07) is 9.10. The first-order valence-electron chi connectivity index (χ1n) is 9.46. The number of aliphatic hydroxyl groups excluding tert-OH is 1. The van der Waals surface area contributed by atoms with E-state index in [9.17, 15) is 27.9 Å². The fourth-order valence-corrected chi connectivity index (χ4v) is 3.79. The number of hydrogen-bond donors (Lipinski definition) is 2. The van der Waals surface area contributed by atoms with Gasteiger partial charge in [-0.15, -0.1) is 13.2 Å². The number of likely N-dealkylation sites (tertiary alicyclic amines) is 1. The smallest absolute Gasteiger partial charge is 0.405 e. The number of amides is 2. The predicted molar refractivity (Wildman–Crippen MR) is 109 cm³/mol. The summed E-state index contributed by atoms with van der Waals surface area (Å²) in [7, 11) is 0. The third-order valence-corrected chi connectivity index (χ3v) is 5.23. The standard InChI is InChI=1S/C21H20ClF3N2O4/c1-12(28)27-9-8-14(29)11-18(27)20(30)26-13-6-7-15(17(22)10-13)16-4-2-3-5-19(16)31-21(23,24)25/h2-7,10,14,18,29H,8-9,11H2,1H3,(H,26,30)/t14-,18?/m1/s1. The Labute approximate surface area is 181 Å². The van der Waals surface area contributed by atoms with Crippen LogP contribution < -0.4 is 10.1 Å². The molecule has 0 radical (unpaired) electrons. The zero-order valence-electron chi connectivity index (χ0n) is 16.4. The summed E-state index contributed by atoms with van der Waals surface area (Å²) < 4.78 is 42.1. The van der Waals surface area contributed by atoms with E-state index in [1.54, 1.807) is 6.07 Å². The van der Waals surface area contributed by atoms with E-state index in [1.807, 2.05) is 0 Å². The van der Waals surface area contributed by atoms with Crippen LogP contribution in [0.2, 0.25) is 5.02 Å². The number of carbonyl (C=O) groups is 2. The normalized spacial score (nSPS) is 19.1. The van der Waals surface area contributed by atoms with Crippen LogP contribution in [0.15, 0.2) is 42.5 Å². The van der Waals surface area contributed by atoms with Gasteiger partial charge in [-0.05, 0) is 24.6 Å². The lowest BCUT2D eigenvalue weighted by Gasteiger charge is -2.36. The molecule has 2 aromatic carbocycles. The maximum Gasteiger partial charge on any atom is 0.573 e. The SMILES string of the molecule is CC(=O)N1CC[C@@H](O)CC1C(=O)Nc1ccc(-c2ccccc2OC(F)(F)F)c(Cl)c1. The van der Waals surface area contributed by atoms with Crippen LogP contribution in [0.25, 0.3) is 11.1 Å². The van der Waals surface area contributed by atoms with E-state index in [2.05, 4.69) is 10.1 Å². The Bertz CT molecular complexity index is 983. The summed E-state index contributed by atoms with van der Waals surface area (Å²) in [5.74, 6) is -1.16. The lowest BCUT2D eigenvalue weighted by Crippen LogP contribution is -2.52. The van der Waals surface area contributed by atoms with Gasteiger partial charge in [0, 0.05) is 36.7 Å². The van der Waals surface area contributed by atoms with Crippen LogP contribution in [0.1, 0.15) is 19.8 Å². The Hall–Kier alpha value is -2.78. The van der Waals surface area contributed by atoms with Crippen molar-refractivity contribution in [2.75, 3.05) is 11.9 Å². The molecule has 1 heterocycles. The van der Waals surface area contributed by atoms with Crippen molar-refractivity contribution in [3.63, 3.8) is 0 Å². The highest BCUT2D eigenvalue weighted by atomic mass is 35.5. The van der Waals surface area contributed by atoms with E-state index in [0.29, 0.717) is 12.1 Å². The number of rotatable bonds is 4. The van der Waals surface area contributed by atoms with Crippen LogP contribution in [0, 0.1) is 0 Å². The predicted octanol–water partition coefficient (Wildman–Crippen LogP) is 4.22. The molecule has 1 fully saturated rings. The van der Waals surface area contributed by atoms with Gasteiger partial charge in [0.15, 0.2) is 0 Å². The summed E-state index contributed by atoms with van der Waals surface area (Å²) in [5, 5.41) is 12.6. The first-order chi connectivity index (χ1) is 14.5. The number of ether oxygens (including phenoxy) is 1. The molecule has 1 unspecified atom stereocenters. The minimum Gasteiger partial charge on any atom is -0.405 e. The van der Waals surface area contributed by atoms with Gasteiger partial charge in [0.05, 0.1) is 11.1 Å². The maximum atomic E-state index is 12.7. The van der Waals surface area contributed by atoms with Crippen LogP contribution in [0.5, 0.6) is 5.75 Å². The molecule has 1 aliphatic rings. The molecule has 1 saturated heterocycles. The number of alkyl halides is 3. The Morgan fingerprint density at radius 1 is 1.19 bits per heavy atom. The summed E-state index contributed by atoms with van der Waals surface area (Å²) >= 11 is 6.29. The van der Waals surface area contributed by atoms with Crippen LogP contribution >= 0.6 is 11.6 Å². The van der Waals surface area contributed by atoms with Crippen molar-refractivity contribution in [2.24, 2.45) is 0 Å². The van der Waals surface area contributed by atoms with Crippen molar-refractivity contribution in [2.45, 2.75) is 38.3 Å². The third kappa shape index (κ3) is 5.68. The lowest BCUT2D eigenvalue weighted by molar-refractivity contribution is -0.274. The average Bonchev–Trinajstić information content (AvgIpc) is 2.67. The van der Waals surface area contributed by atoms with Crippen LogP contribution in [-0.4, -0.2) is 46.9 Å². The van der Waals surface area contributed by atoms with Gasteiger partial charge in [-0.25, -0.2) is 0 Å². The van der Waals surface area contributed by atoms with E-state index in [-0.39, 0.29) is 35.0 Å². The Balaban J connectivity index is 1.82. The fraction of sp³-hybridized carbons (Fsp3) is 0.333. The van der Waals surface area contributed by atoms with Gasteiger partial charge in [0.1, 0.15) is 11.8 Å². The number of carbonyl (C=O) groups excluding carboxylic acids is 2. The number of para-hydroxylation sites is 1. The molecule has 0 spiro atoms. The van der Waals surface area contributed by atoms with Gasteiger partial charge in [-0.3, -0.25) is 9.59 Å². The van der Waals surface area contributed by atoms with Gasteiger partial charge < -0.3 is 20.1 Å². The van der Waals surface area contributed by atoms with Gasteiger partial charge in [-0.2, -0.15) is 0 Å². The number of nitrogens with one attached hydrogen (secondary N) is 1. The number of aliphatic hydroxyl groups is 1.